The zero-order valence-electron chi connectivity index (χ0n) is 13.0. The van der Waals surface area contributed by atoms with Crippen LogP contribution in [0.3, 0.4) is 0 Å². The van der Waals surface area contributed by atoms with E-state index in [0.717, 1.165) is 19.5 Å². The molecule has 0 radical (unpaired) electrons. The number of nitrogens with zero attached hydrogens (tertiary/aromatic N) is 2. The second kappa shape index (κ2) is 6.92. The molecule has 0 spiro atoms. The number of nitrogens with one attached hydrogen (secondary N) is 1. The maximum Gasteiger partial charge on any atom is 0.329 e. The lowest BCUT2D eigenvalue weighted by Crippen LogP contribution is -2.59. The lowest BCUT2D eigenvalue weighted by molar-refractivity contribution is -0.144. The highest BCUT2D eigenvalue weighted by molar-refractivity contribution is 5.86. The molecule has 0 aliphatic carbocycles. The second-order valence-corrected chi connectivity index (χ2v) is 5.68. The Morgan fingerprint density at radius 2 is 1.90 bits per heavy atom. The summed E-state index contributed by atoms with van der Waals surface area (Å²) in [6.07, 6.45) is 1.67. The van der Waals surface area contributed by atoms with Gasteiger partial charge in [-0.15, -0.1) is 0 Å². The number of carboxylic acids is 1. The number of urea groups is 1. The molecule has 20 heavy (non-hydrogen) atoms. The number of rotatable bonds is 4. The summed E-state index contributed by atoms with van der Waals surface area (Å²) < 4.78 is 0. The molecular formula is C14H27N3O3. The van der Waals surface area contributed by atoms with E-state index in [1.165, 1.54) is 0 Å². The normalized spacial score (nSPS) is 21.4. The topological polar surface area (TPSA) is 72.9 Å². The molecule has 6 heteroatoms. The molecule has 6 nitrogen and oxygen atoms in total. The number of carbonyl (C=O) groups is 2. The highest BCUT2D eigenvalue weighted by atomic mass is 16.4. The highest BCUT2D eigenvalue weighted by Gasteiger charge is 2.38. The third kappa shape index (κ3) is 3.62. The van der Waals surface area contributed by atoms with Gasteiger partial charge in [-0.05, 0) is 39.8 Å². The van der Waals surface area contributed by atoms with Gasteiger partial charge in [0.25, 0.3) is 0 Å². The van der Waals surface area contributed by atoms with Crippen LogP contribution < -0.4 is 5.32 Å². The molecule has 1 heterocycles. The standard InChI is InChI=1S/C14H27N3O3/c1-5-14(6-2,12(18)19)15-13(20)17-9-7-8-16(4)10-11(17)3/h11H,5-10H2,1-4H3,(H,15,20)(H,18,19). The zero-order valence-corrected chi connectivity index (χ0v) is 13.0. The predicted octanol–water partition coefficient (Wildman–Crippen LogP) is 1.37. The Morgan fingerprint density at radius 3 is 2.40 bits per heavy atom. The highest BCUT2D eigenvalue weighted by Crippen LogP contribution is 2.17. The van der Waals surface area contributed by atoms with Gasteiger partial charge in [-0.25, -0.2) is 9.59 Å². The fourth-order valence-electron chi connectivity index (χ4n) is 2.73. The summed E-state index contributed by atoms with van der Waals surface area (Å²) in [5.41, 5.74) is -1.16. The maximum atomic E-state index is 12.4. The van der Waals surface area contributed by atoms with Crippen molar-refractivity contribution in [3.8, 4) is 0 Å². The van der Waals surface area contributed by atoms with Gasteiger partial charge in [-0.3, -0.25) is 0 Å². The molecule has 1 rings (SSSR count). The zero-order chi connectivity index (χ0) is 15.3. The van der Waals surface area contributed by atoms with Crippen molar-refractivity contribution in [1.29, 1.82) is 0 Å². The molecule has 116 valence electrons. The fraction of sp³-hybridized carbons (Fsp3) is 0.857. The summed E-state index contributed by atoms with van der Waals surface area (Å²) >= 11 is 0. The largest absolute Gasteiger partial charge is 0.480 e. The van der Waals surface area contributed by atoms with E-state index in [1.54, 1.807) is 18.7 Å². The number of amides is 2. The summed E-state index contributed by atoms with van der Waals surface area (Å²) in [6, 6.07) is -0.179. The van der Waals surface area contributed by atoms with Crippen LogP contribution >= 0.6 is 0 Å². The Labute approximate surface area is 121 Å². The second-order valence-electron chi connectivity index (χ2n) is 5.68. The minimum Gasteiger partial charge on any atom is -0.480 e. The first kappa shape index (κ1) is 16.8. The van der Waals surface area contributed by atoms with Crippen LogP contribution in [-0.2, 0) is 4.79 Å². The van der Waals surface area contributed by atoms with Crippen molar-refractivity contribution >= 4 is 12.0 Å². The van der Waals surface area contributed by atoms with Crippen LogP contribution in [0.2, 0.25) is 0 Å². The van der Waals surface area contributed by atoms with Gasteiger partial charge < -0.3 is 20.2 Å². The van der Waals surface area contributed by atoms with Crippen LogP contribution in [0.5, 0.6) is 0 Å². The molecule has 1 fully saturated rings. The van der Waals surface area contributed by atoms with Crippen molar-refractivity contribution in [2.24, 2.45) is 0 Å². The van der Waals surface area contributed by atoms with E-state index in [-0.39, 0.29) is 12.1 Å². The third-order valence-electron chi connectivity index (χ3n) is 4.27. The van der Waals surface area contributed by atoms with Gasteiger partial charge in [0.15, 0.2) is 0 Å². The van der Waals surface area contributed by atoms with Gasteiger partial charge >= 0.3 is 12.0 Å². The van der Waals surface area contributed by atoms with Crippen LogP contribution in [0.1, 0.15) is 40.0 Å². The van der Waals surface area contributed by atoms with Crippen LogP contribution in [0.25, 0.3) is 0 Å². The van der Waals surface area contributed by atoms with E-state index in [0.29, 0.717) is 19.4 Å². The van der Waals surface area contributed by atoms with Gasteiger partial charge in [-0.2, -0.15) is 0 Å². The lowest BCUT2D eigenvalue weighted by atomic mass is 9.93. The van der Waals surface area contributed by atoms with Crippen LogP contribution in [0, 0.1) is 0 Å². The number of hydrogen-bond acceptors (Lipinski definition) is 3. The average Bonchev–Trinajstić information content (AvgIpc) is 2.56. The molecular weight excluding hydrogens is 258 g/mol. The summed E-state index contributed by atoms with van der Waals surface area (Å²) in [4.78, 5) is 27.9. The Kier molecular flexibility index (Phi) is 5.80. The number of likely N-dealkylation sites (N-methyl/N-ethyl adjacent to an activating group) is 1. The first-order valence-corrected chi connectivity index (χ1v) is 7.37. The van der Waals surface area contributed by atoms with E-state index >= 15 is 0 Å². The Hall–Kier alpha value is -1.30. The van der Waals surface area contributed by atoms with E-state index in [9.17, 15) is 14.7 Å². The first-order chi connectivity index (χ1) is 9.36. The van der Waals surface area contributed by atoms with Crippen LogP contribution in [-0.4, -0.2) is 65.2 Å². The number of hydrogen-bond donors (Lipinski definition) is 2. The minimum absolute atomic E-state index is 0.0858. The molecule has 2 amide bonds. The van der Waals surface area contributed by atoms with E-state index in [1.807, 2.05) is 14.0 Å². The summed E-state index contributed by atoms with van der Waals surface area (Å²) in [5.74, 6) is -0.963. The number of carbonyl (C=O) groups excluding carboxylic acids is 1. The number of carboxylic acid groups (broad SMARTS) is 1. The smallest absolute Gasteiger partial charge is 0.329 e. The summed E-state index contributed by atoms with van der Waals surface area (Å²) in [6.45, 7) is 8.02. The van der Waals surface area contributed by atoms with Crippen LogP contribution in [0.15, 0.2) is 0 Å². The molecule has 1 atom stereocenters. The van der Waals surface area contributed by atoms with Crippen molar-refractivity contribution in [3.63, 3.8) is 0 Å². The third-order valence-corrected chi connectivity index (χ3v) is 4.27. The molecule has 0 aromatic rings. The van der Waals surface area contributed by atoms with Crippen molar-refractivity contribution in [2.75, 3.05) is 26.7 Å². The fourth-order valence-corrected chi connectivity index (χ4v) is 2.73. The van der Waals surface area contributed by atoms with Crippen LogP contribution in [0.4, 0.5) is 4.79 Å². The molecule has 0 aromatic heterocycles. The lowest BCUT2D eigenvalue weighted by Gasteiger charge is -2.34. The average molecular weight is 285 g/mol. The Bertz CT molecular complexity index is 356. The van der Waals surface area contributed by atoms with E-state index < -0.39 is 11.5 Å². The molecule has 1 aliphatic heterocycles. The first-order valence-electron chi connectivity index (χ1n) is 7.37. The molecule has 1 aliphatic rings. The van der Waals surface area contributed by atoms with Crippen molar-refractivity contribution in [1.82, 2.24) is 15.1 Å². The maximum absolute atomic E-state index is 12.4. The molecule has 1 saturated heterocycles. The van der Waals surface area contributed by atoms with Crippen molar-refractivity contribution in [2.45, 2.75) is 51.6 Å². The molecule has 0 aromatic carbocycles. The van der Waals surface area contributed by atoms with Gasteiger partial charge in [0.2, 0.25) is 0 Å². The van der Waals surface area contributed by atoms with Crippen molar-refractivity contribution < 1.29 is 14.7 Å². The summed E-state index contributed by atoms with van der Waals surface area (Å²) in [5, 5.41) is 12.1. The SMILES string of the molecule is CCC(CC)(NC(=O)N1CCCN(C)CC1C)C(=O)O. The van der Waals surface area contributed by atoms with Gasteiger partial charge in [-0.1, -0.05) is 13.8 Å². The Balaban J connectivity index is 2.80. The molecule has 0 saturated carbocycles. The van der Waals surface area contributed by atoms with Gasteiger partial charge in [0.1, 0.15) is 5.54 Å². The van der Waals surface area contributed by atoms with Gasteiger partial charge in [0, 0.05) is 19.1 Å². The monoisotopic (exact) mass is 285 g/mol. The number of aliphatic carboxylic acids is 1. The minimum atomic E-state index is -1.16. The predicted molar refractivity (Wildman–Crippen MR) is 77.8 cm³/mol. The Morgan fingerprint density at radius 1 is 1.30 bits per heavy atom. The quantitative estimate of drug-likeness (QED) is 0.818. The van der Waals surface area contributed by atoms with E-state index in [2.05, 4.69) is 10.2 Å². The molecule has 0 bridgehead atoms. The molecule has 1 unspecified atom stereocenters. The van der Waals surface area contributed by atoms with Gasteiger partial charge in [0.05, 0.1) is 0 Å². The molecule has 2 N–H and O–H groups in total. The summed E-state index contributed by atoms with van der Waals surface area (Å²) in [7, 11) is 2.04. The van der Waals surface area contributed by atoms with E-state index in [4.69, 9.17) is 0 Å². The van der Waals surface area contributed by atoms with Crippen molar-refractivity contribution in [3.05, 3.63) is 0 Å².